The quantitative estimate of drug-likeness (QED) is 0.268. The number of fused-ring (bicyclic) bond motifs is 1. The summed E-state index contributed by atoms with van der Waals surface area (Å²) in [5.74, 6) is 2.11. The summed E-state index contributed by atoms with van der Waals surface area (Å²) in [4.78, 5) is 20.3. The fraction of sp³-hybridized carbons (Fsp3) is 0.214. The summed E-state index contributed by atoms with van der Waals surface area (Å²) in [5.41, 5.74) is 0.457. The molecule has 1 aromatic heterocycles. The molecule has 1 unspecified atom stereocenters. The zero-order chi connectivity index (χ0) is 27.7. The number of carbonyl (C=O) groups is 1. The van der Waals surface area contributed by atoms with E-state index < -0.39 is 24.0 Å². The van der Waals surface area contributed by atoms with Gasteiger partial charge in [0, 0.05) is 36.1 Å². The molecule has 1 fully saturated rings. The molecule has 0 spiro atoms. The highest BCUT2D eigenvalue weighted by Gasteiger charge is 2.40. The molecular formula is C28H24F3N3O5. The third-order valence-corrected chi connectivity index (χ3v) is 6.37. The minimum absolute atomic E-state index is 0.0587. The third-order valence-electron chi connectivity index (χ3n) is 6.37. The highest BCUT2D eigenvalue weighted by atomic mass is 19.4. The predicted molar refractivity (Wildman–Crippen MR) is 139 cm³/mol. The van der Waals surface area contributed by atoms with Crippen molar-refractivity contribution in [1.29, 1.82) is 0 Å². The normalized spacial score (nSPS) is 15.6. The smallest absolute Gasteiger partial charge is 0.416 e. The molecule has 1 aliphatic heterocycles. The first-order valence-electron chi connectivity index (χ1n) is 11.8. The van der Waals surface area contributed by atoms with Crippen molar-refractivity contribution in [2.45, 2.75) is 12.4 Å². The van der Waals surface area contributed by atoms with E-state index in [-0.39, 0.29) is 12.2 Å². The van der Waals surface area contributed by atoms with Crippen LogP contribution in [-0.4, -0.2) is 45.1 Å². The average Bonchev–Trinajstić information content (AvgIpc) is 3.28. The van der Waals surface area contributed by atoms with Crippen LogP contribution in [-0.2, 0) is 10.9 Å². The molecule has 1 saturated heterocycles. The van der Waals surface area contributed by atoms with Crippen molar-refractivity contribution < 1.29 is 36.9 Å². The summed E-state index contributed by atoms with van der Waals surface area (Å²) in [6, 6.07) is 16.1. The number of alkyl halides is 3. The molecule has 1 aliphatic rings. The number of rotatable bonds is 7. The van der Waals surface area contributed by atoms with Crippen LogP contribution in [0.25, 0.3) is 10.9 Å². The second-order valence-corrected chi connectivity index (χ2v) is 8.63. The molecule has 2 amide bonds. The fourth-order valence-corrected chi connectivity index (χ4v) is 4.43. The Morgan fingerprint density at radius 1 is 0.872 bits per heavy atom. The van der Waals surface area contributed by atoms with Gasteiger partial charge in [-0.1, -0.05) is 6.07 Å². The number of halogens is 3. The Morgan fingerprint density at radius 2 is 1.59 bits per heavy atom. The number of aromatic nitrogens is 1. The molecule has 5 rings (SSSR count). The van der Waals surface area contributed by atoms with Crippen LogP contribution in [0.5, 0.6) is 23.0 Å². The third kappa shape index (κ3) is 5.00. The molecule has 2 heterocycles. The van der Waals surface area contributed by atoms with Gasteiger partial charge in [0.05, 0.1) is 31.8 Å². The lowest BCUT2D eigenvalue weighted by Crippen LogP contribution is -2.35. The molecule has 8 nitrogen and oxygen atoms in total. The number of ether oxygens (including phenoxy) is 4. The Balaban J connectivity index is 1.40. The second-order valence-electron chi connectivity index (χ2n) is 8.63. The number of nitrogens with zero attached hydrogens (tertiary/aromatic N) is 3. The summed E-state index contributed by atoms with van der Waals surface area (Å²) in [5, 5.41) is 0.713. The molecular weight excluding hydrogens is 515 g/mol. The van der Waals surface area contributed by atoms with E-state index in [0.29, 0.717) is 39.6 Å². The van der Waals surface area contributed by atoms with Crippen molar-refractivity contribution in [2.24, 2.45) is 0 Å². The fourth-order valence-electron chi connectivity index (χ4n) is 4.43. The Morgan fingerprint density at radius 3 is 2.26 bits per heavy atom. The van der Waals surface area contributed by atoms with Gasteiger partial charge in [-0.25, -0.2) is 4.79 Å². The molecule has 0 bridgehead atoms. The van der Waals surface area contributed by atoms with Gasteiger partial charge < -0.3 is 18.9 Å². The van der Waals surface area contributed by atoms with Crippen LogP contribution in [0.15, 0.2) is 72.9 Å². The topological polar surface area (TPSA) is 73.4 Å². The molecule has 39 heavy (non-hydrogen) atoms. The van der Waals surface area contributed by atoms with E-state index >= 15 is 0 Å². The number of hydrogen-bond donors (Lipinski definition) is 0. The largest absolute Gasteiger partial charge is 0.493 e. The van der Waals surface area contributed by atoms with Crippen LogP contribution in [0.4, 0.5) is 29.3 Å². The molecule has 1 atom stereocenters. The van der Waals surface area contributed by atoms with E-state index in [4.69, 9.17) is 18.9 Å². The van der Waals surface area contributed by atoms with Gasteiger partial charge in [0.1, 0.15) is 11.5 Å². The lowest BCUT2D eigenvalue weighted by molar-refractivity contribution is -0.137. The van der Waals surface area contributed by atoms with Crippen molar-refractivity contribution >= 4 is 28.3 Å². The number of methoxy groups -OCH3 is 3. The molecule has 202 valence electrons. The summed E-state index contributed by atoms with van der Waals surface area (Å²) in [7, 11) is 4.53. The van der Waals surface area contributed by atoms with Gasteiger partial charge in [0.2, 0.25) is 0 Å². The number of urea groups is 1. The van der Waals surface area contributed by atoms with Gasteiger partial charge in [-0.3, -0.25) is 14.8 Å². The maximum Gasteiger partial charge on any atom is 0.416 e. The van der Waals surface area contributed by atoms with Gasteiger partial charge in [-0.2, -0.15) is 13.2 Å². The molecule has 0 radical (unpaired) electrons. The van der Waals surface area contributed by atoms with Crippen LogP contribution in [0.2, 0.25) is 0 Å². The van der Waals surface area contributed by atoms with E-state index in [9.17, 15) is 18.0 Å². The monoisotopic (exact) mass is 539 g/mol. The zero-order valence-corrected chi connectivity index (χ0v) is 21.2. The molecule has 0 saturated carbocycles. The van der Waals surface area contributed by atoms with Crippen molar-refractivity contribution in [3.63, 3.8) is 0 Å². The lowest BCUT2D eigenvalue weighted by atomic mass is 10.2. The number of pyridine rings is 1. The standard InChI is InChI=1S/C28H24F3N3O5/c1-36-24-14-21-22(15-25(24)37-2)32-12-11-23(21)39-20-9-7-18(8-10-20)34-26(38-3)16-33(27(34)35)19-6-4-5-17(13-19)28(29,30)31/h4-15,26H,16H2,1-3H3. The Labute approximate surface area is 222 Å². The van der Waals surface area contributed by atoms with Gasteiger partial charge in [-0.15, -0.1) is 0 Å². The minimum atomic E-state index is -4.52. The second kappa shape index (κ2) is 10.3. The summed E-state index contributed by atoms with van der Waals surface area (Å²) < 4.78 is 62.0. The predicted octanol–water partition coefficient (Wildman–Crippen LogP) is 6.48. The molecule has 3 aromatic carbocycles. The average molecular weight is 540 g/mol. The summed E-state index contributed by atoms with van der Waals surface area (Å²) >= 11 is 0. The number of hydrogen-bond acceptors (Lipinski definition) is 6. The number of anilines is 2. The molecule has 4 aromatic rings. The number of benzene rings is 3. The Hall–Kier alpha value is -4.51. The van der Waals surface area contributed by atoms with Crippen molar-refractivity contribution in [3.8, 4) is 23.0 Å². The zero-order valence-electron chi connectivity index (χ0n) is 21.2. The SMILES string of the molecule is COc1cc2nccc(Oc3ccc(N4C(=O)N(c5cccc(C(F)(F)F)c5)CC4OC)cc3)c2cc1OC. The van der Waals surface area contributed by atoms with Gasteiger partial charge in [0.25, 0.3) is 0 Å². The molecule has 11 heteroatoms. The van der Waals surface area contributed by atoms with E-state index in [1.165, 1.54) is 29.0 Å². The van der Waals surface area contributed by atoms with Crippen molar-refractivity contribution in [1.82, 2.24) is 4.98 Å². The molecule has 0 N–H and O–H groups in total. The van der Waals surface area contributed by atoms with E-state index in [0.717, 1.165) is 12.1 Å². The highest BCUT2D eigenvalue weighted by molar-refractivity contribution is 6.06. The summed E-state index contributed by atoms with van der Waals surface area (Å²) in [6.45, 7) is 0.0587. The van der Waals surface area contributed by atoms with E-state index in [1.807, 2.05) is 0 Å². The maximum absolute atomic E-state index is 13.3. The lowest BCUT2D eigenvalue weighted by Gasteiger charge is -2.22. The van der Waals surface area contributed by atoms with Crippen LogP contribution in [0, 0.1) is 0 Å². The first kappa shape index (κ1) is 26.1. The van der Waals surface area contributed by atoms with Gasteiger partial charge in [-0.05, 0) is 54.6 Å². The number of carbonyl (C=O) groups excluding carboxylic acids is 1. The minimum Gasteiger partial charge on any atom is -0.493 e. The first-order chi connectivity index (χ1) is 18.7. The van der Waals surface area contributed by atoms with Gasteiger partial charge in [0.15, 0.2) is 17.7 Å². The van der Waals surface area contributed by atoms with Crippen molar-refractivity contribution in [2.75, 3.05) is 37.7 Å². The van der Waals surface area contributed by atoms with Crippen molar-refractivity contribution in [3.05, 3.63) is 78.5 Å². The Bertz CT molecular complexity index is 1510. The highest BCUT2D eigenvalue weighted by Crippen LogP contribution is 2.38. The van der Waals surface area contributed by atoms with Crippen LogP contribution in [0.3, 0.4) is 0 Å². The summed E-state index contributed by atoms with van der Waals surface area (Å²) in [6.07, 6.45) is -3.61. The van der Waals surface area contributed by atoms with Crippen LogP contribution >= 0.6 is 0 Å². The van der Waals surface area contributed by atoms with E-state index in [1.54, 1.807) is 62.9 Å². The van der Waals surface area contributed by atoms with E-state index in [2.05, 4.69) is 4.98 Å². The first-order valence-corrected chi connectivity index (χ1v) is 11.8. The molecule has 0 aliphatic carbocycles. The van der Waals surface area contributed by atoms with Gasteiger partial charge >= 0.3 is 12.2 Å². The van der Waals surface area contributed by atoms with Crippen LogP contribution in [0.1, 0.15) is 5.56 Å². The van der Waals surface area contributed by atoms with Crippen LogP contribution < -0.4 is 24.0 Å². The number of amides is 2. The Kier molecular flexibility index (Phi) is 6.92. The maximum atomic E-state index is 13.3.